The Morgan fingerprint density at radius 3 is 3.14 bits per heavy atom. The van der Waals surface area contributed by atoms with Crippen molar-refractivity contribution >= 4 is 11.2 Å². The molecule has 0 radical (unpaired) electrons. The highest BCUT2D eigenvalue weighted by atomic mass is 16.5. The molecule has 21 heavy (non-hydrogen) atoms. The van der Waals surface area contributed by atoms with Gasteiger partial charge in [-0.25, -0.2) is 9.97 Å². The molecule has 0 amide bonds. The van der Waals surface area contributed by atoms with E-state index in [9.17, 15) is 0 Å². The minimum absolute atomic E-state index is 0.500. The molecule has 3 heterocycles. The zero-order valence-electron chi connectivity index (χ0n) is 13.0. The number of fused-ring (bicyclic) bond motifs is 1. The van der Waals surface area contributed by atoms with E-state index in [4.69, 9.17) is 9.72 Å². The molecule has 1 aliphatic rings. The maximum absolute atomic E-state index is 5.53. The second-order valence-electron chi connectivity index (χ2n) is 5.77. The van der Waals surface area contributed by atoms with Crippen LogP contribution in [-0.4, -0.2) is 52.8 Å². The first-order valence-electron chi connectivity index (χ1n) is 7.87. The minimum Gasteiger partial charge on any atom is -0.380 e. The Morgan fingerprint density at radius 2 is 2.33 bits per heavy atom. The molecule has 2 aromatic heterocycles. The van der Waals surface area contributed by atoms with Gasteiger partial charge in [-0.15, -0.1) is 0 Å². The number of imidazole rings is 1. The van der Waals surface area contributed by atoms with Crippen molar-refractivity contribution in [1.82, 2.24) is 19.4 Å². The first kappa shape index (κ1) is 14.5. The average molecular weight is 288 g/mol. The topological polar surface area (TPSA) is 43.2 Å². The molecule has 1 fully saturated rings. The smallest absolute Gasteiger partial charge is 0.160 e. The molecule has 0 saturated carbocycles. The van der Waals surface area contributed by atoms with E-state index in [2.05, 4.69) is 27.6 Å². The summed E-state index contributed by atoms with van der Waals surface area (Å²) in [7, 11) is 2.19. The summed E-state index contributed by atoms with van der Waals surface area (Å²) in [6, 6.07) is 4.01. The summed E-state index contributed by atoms with van der Waals surface area (Å²) in [5.41, 5.74) is 1.98. The van der Waals surface area contributed by atoms with E-state index < -0.39 is 0 Å². The molecule has 5 nitrogen and oxygen atoms in total. The van der Waals surface area contributed by atoms with Crippen LogP contribution in [-0.2, 0) is 11.3 Å². The molecule has 0 N–H and O–H groups in total. The molecular formula is C16H24N4O. The molecule has 0 aliphatic carbocycles. The summed E-state index contributed by atoms with van der Waals surface area (Å²) < 4.78 is 7.79. The van der Waals surface area contributed by atoms with E-state index in [1.165, 1.54) is 25.2 Å². The number of ether oxygens (including phenoxy) is 1. The van der Waals surface area contributed by atoms with Gasteiger partial charge in [-0.1, -0.05) is 0 Å². The van der Waals surface area contributed by atoms with Crippen molar-refractivity contribution in [2.75, 3.05) is 33.4 Å². The summed E-state index contributed by atoms with van der Waals surface area (Å²) in [6.07, 6.45) is 4.30. The van der Waals surface area contributed by atoms with Gasteiger partial charge in [0.1, 0.15) is 11.3 Å². The van der Waals surface area contributed by atoms with Crippen molar-refractivity contribution in [1.29, 1.82) is 0 Å². The molecule has 0 aromatic carbocycles. The number of likely N-dealkylation sites (tertiary alicyclic amines) is 1. The fourth-order valence-corrected chi connectivity index (χ4v) is 3.19. The summed E-state index contributed by atoms with van der Waals surface area (Å²) in [4.78, 5) is 11.8. The van der Waals surface area contributed by atoms with Gasteiger partial charge < -0.3 is 14.2 Å². The van der Waals surface area contributed by atoms with E-state index >= 15 is 0 Å². The molecule has 1 atom stereocenters. The fourth-order valence-electron chi connectivity index (χ4n) is 3.19. The van der Waals surface area contributed by atoms with Crippen LogP contribution in [0.4, 0.5) is 0 Å². The van der Waals surface area contributed by atoms with Gasteiger partial charge in [-0.3, -0.25) is 0 Å². The number of hydrogen-bond acceptors (Lipinski definition) is 4. The number of aromatic nitrogens is 3. The zero-order valence-corrected chi connectivity index (χ0v) is 13.0. The quantitative estimate of drug-likeness (QED) is 0.792. The standard InChI is InChI=1S/C16H24N4O/c1-3-21-11-10-20-15(13-6-5-9-19(2)12-13)18-14-7-4-8-17-16(14)20/h4,7-8,13H,3,5-6,9-12H2,1-2H3/t13-/m0/s1. The third-order valence-corrected chi connectivity index (χ3v) is 4.19. The molecule has 3 rings (SSSR count). The van der Waals surface area contributed by atoms with Crippen LogP contribution in [0.15, 0.2) is 18.3 Å². The average Bonchev–Trinajstić information content (AvgIpc) is 2.87. The minimum atomic E-state index is 0.500. The summed E-state index contributed by atoms with van der Waals surface area (Å²) in [5.74, 6) is 1.68. The van der Waals surface area contributed by atoms with Crippen LogP contribution in [0.25, 0.3) is 11.2 Å². The van der Waals surface area contributed by atoms with Crippen LogP contribution in [0.1, 0.15) is 31.5 Å². The molecule has 0 spiro atoms. The van der Waals surface area contributed by atoms with E-state index in [0.717, 1.165) is 30.9 Å². The highest BCUT2D eigenvalue weighted by molar-refractivity contribution is 5.71. The Hall–Kier alpha value is -1.46. The van der Waals surface area contributed by atoms with Crippen molar-refractivity contribution in [3.8, 4) is 0 Å². The van der Waals surface area contributed by atoms with Gasteiger partial charge in [0, 0.05) is 31.8 Å². The van der Waals surface area contributed by atoms with Gasteiger partial charge in [0.15, 0.2) is 5.65 Å². The Morgan fingerprint density at radius 1 is 1.43 bits per heavy atom. The van der Waals surface area contributed by atoms with Gasteiger partial charge >= 0.3 is 0 Å². The maximum atomic E-state index is 5.53. The van der Waals surface area contributed by atoms with Crippen LogP contribution in [0, 0.1) is 0 Å². The predicted molar refractivity (Wildman–Crippen MR) is 83.5 cm³/mol. The fraction of sp³-hybridized carbons (Fsp3) is 0.625. The summed E-state index contributed by atoms with van der Waals surface area (Å²) in [5, 5.41) is 0. The van der Waals surface area contributed by atoms with Crippen molar-refractivity contribution in [2.45, 2.75) is 32.2 Å². The molecule has 0 unspecified atom stereocenters. The van der Waals surface area contributed by atoms with Crippen LogP contribution < -0.4 is 0 Å². The van der Waals surface area contributed by atoms with E-state index in [1.807, 2.05) is 19.2 Å². The van der Waals surface area contributed by atoms with E-state index in [-0.39, 0.29) is 0 Å². The third kappa shape index (κ3) is 3.09. The first-order chi connectivity index (χ1) is 10.3. The number of pyridine rings is 1. The molecule has 1 aliphatic heterocycles. The lowest BCUT2D eigenvalue weighted by Gasteiger charge is -2.29. The zero-order chi connectivity index (χ0) is 14.7. The van der Waals surface area contributed by atoms with Crippen LogP contribution in [0.5, 0.6) is 0 Å². The first-order valence-corrected chi connectivity index (χ1v) is 7.87. The lowest BCUT2D eigenvalue weighted by Crippen LogP contribution is -2.32. The number of hydrogen-bond donors (Lipinski definition) is 0. The third-order valence-electron chi connectivity index (χ3n) is 4.19. The molecule has 5 heteroatoms. The van der Waals surface area contributed by atoms with Crippen molar-refractivity contribution in [3.05, 3.63) is 24.2 Å². The Balaban J connectivity index is 1.93. The van der Waals surface area contributed by atoms with Crippen molar-refractivity contribution in [3.63, 3.8) is 0 Å². The van der Waals surface area contributed by atoms with Gasteiger partial charge in [0.05, 0.1) is 6.61 Å². The maximum Gasteiger partial charge on any atom is 0.160 e. The van der Waals surface area contributed by atoms with Crippen LogP contribution in [0.2, 0.25) is 0 Å². The van der Waals surface area contributed by atoms with Gasteiger partial charge in [0.2, 0.25) is 0 Å². The summed E-state index contributed by atoms with van der Waals surface area (Å²) in [6.45, 7) is 6.60. The number of likely N-dealkylation sites (N-methyl/N-ethyl adjacent to an activating group) is 1. The van der Waals surface area contributed by atoms with E-state index in [1.54, 1.807) is 0 Å². The predicted octanol–water partition coefficient (Wildman–Crippen LogP) is 2.28. The SMILES string of the molecule is CCOCCn1c([C@H]2CCCN(C)C2)nc2cccnc21. The largest absolute Gasteiger partial charge is 0.380 e. The normalized spacial score (nSPS) is 20.2. The number of rotatable bonds is 5. The van der Waals surface area contributed by atoms with Gasteiger partial charge in [0.25, 0.3) is 0 Å². The Bertz CT molecular complexity index is 595. The highest BCUT2D eigenvalue weighted by Crippen LogP contribution is 2.28. The number of nitrogens with zero attached hydrogens (tertiary/aromatic N) is 4. The van der Waals surface area contributed by atoms with Gasteiger partial charge in [-0.2, -0.15) is 0 Å². The molecular weight excluding hydrogens is 264 g/mol. The molecule has 1 saturated heterocycles. The monoisotopic (exact) mass is 288 g/mol. The lowest BCUT2D eigenvalue weighted by molar-refractivity contribution is 0.138. The second-order valence-corrected chi connectivity index (χ2v) is 5.77. The van der Waals surface area contributed by atoms with Crippen molar-refractivity contribution in [2.24, 2.45) is 0 Å². The van der Waals surface area contributed by atoms with Crippen LogP contribution >= 0.6 is 0 Å². The molecule has 0 bridgehead atoms. The Labute approximate surface area is 125 Å². The lowest BCUT2D eigenvalue weighted by atomic mass is 9.97. The van der Waals surface area contributed by atoms with Crippen molar-refractivity contribution < 1.29 is 4.74 Å². The van der Waals surface area contributed by atoms with Gasteiger partial charge in [-0.05, 0) is 45.5 Å². The molecule has 114 valence electrons. The highest BCUT2D eigenvalue weighted by Gasteiger charge is 2.24. The Kier molecular flexibility index (Phi) is 4.51. The second kappa shape index (κ2) is 6.54. The van der Waals surface area contributed by atoms with Crippen LogP contribution in [0.3, 0.4) is 0 Å². The number of piperidine rings is 1. The summed E-state index contributed by atoms with van der Waals surface area (Å²) >= 11 is 0. The van der Waals surface area contributed by atoms with E-state index in [0.29, 0.717) is 12.5 Å². The molecule has 2 aromatic rings.